The zero-order valence-electron chi connectivity index (χ0n) is 15.7. The third kappa shape index (κ3) is 7.04. The third-order valence-corrected chi connectivity index (χ3v) is 4.62. The minimum atomic E-state index is -0.509. The summed E-state index contributed by atoms with van der Waals surface area (Å²) >= 11 is 0. The number of aryl methyl sites for hydroxylation is 1. The van der Waals surface area contributed by atoms with E-state index in [2.05, 4.69) is 10.2 Å². The Bertz CT molecular complexity index is 530. The van der Waals surface area contributed by atoms with Gasteiger partial charge in [0.2, 0.25) is 5.91 Å². The van der Waals surface area contributed by atoms with Crippen molar-refractivity contribution in [2.75, 3.05) is 32.8 Å². The number of carbonyl (C=O) groups excluding carboxylic acids is 1. The van der Waals surface area contributed by atoms with E-state index in [0.717, 1.165) is 38.2 Å². The molecule has 0 radical (unpaired) electrons. The van der Waals surface area contributed by atoms with E-state index in [0.29, 0.717) is 19.1 Å². The van der Waals surface area contributed by atoms with Gasteiger partial charge in [-0.15, -0.1) is 0 Å². The second-order valence-corrected chi connectivity index (χ2v) is 7.45. The lowest BCUT2D eigenvalue weighted by molar-refractivity contribution is -0.124. The molecule has 25 heavy (non-hydrogen) atoms. The van der Waals surface area contributed by atoms with Crippen LogP contribution in [0.2, 0.25) is 0 Å². The molecule has 2 atom stereocenters. The van der Waals surface area contributed by atoms with Crippen LogP contribution < -0.4 is 10.1 Å². The molecule has 5 heteroatoms. The van der Waals surface area contributed by atoms with Crippen LogP contribution in [0.25, 0.3) is 0 Å². The van der Waals surface area contributed by atoms with Crippen molar-refractivity contribution in [3.8, 4) is 5.75 Å². The van der Waals surface area contributed by atoms with Crippen molar-refractivity contribution in [1.82, 2.24) is 10.2 Å². The predicted molar refractivity (Wildman–Crippen MR) is 99.7 cm³/mol. The highest BCUT2D eigenvalue weighted by molar-refractivity contribution is 5.77. The van der Waals surface area contributed by atoms with Crippen LogP contribution in [0.4, 0.5) is 0 Å². The van der Waals surface area contributed by atoms with Crippen molar-refractivity contribution in [3.05, 3.63) is 29.8 Å². The van der Waals surface area contributed by atoms with E-state index in [1.807, 2.05) is 45.0 Å². The zero-order chi connectivity index (χ0) is 18.2. The number of piperidine rings is 1. The van der Waals surface area contributed by atoms with E-state index >= 15 is 0 Å². The SMILES string of the molecule is Cc1ccc(OCC(O)CN2CCCC(CNC(=O)C(C)C)C2)cc1. The molecule has 0 aromatic heterocycles. The molecule has 1 saturated heterocycles. The highest BCUT2D eigenvalue weighted by Gasteiger charge is 2.22. The molecule has 1 aliphatic rings. The monoisotopic (exact) mass is 348 g/mol. The van der Waals surface area contributed by atoms with E-state index in [1.165, 1.54) is 5.56 Å². The Labute approximate surface area is 151 Å². The predicted octanol–water partition coefficient (Wildman–Crippen LogP) is 2.22. The molecule has 1 aromatic rings. The first-order chi connectivity index (χ1) is 11.9. The molecule has 1 aliphatic heterocycles. The number of likely N-dealkylation sites (tertiary alicyclic amines) is 1. The molecular formula is C20H32N2O3. The van der Waals surface area contributed by atoms with Gasteiger partial charge in [0.1, 0.15) is 18.5 Å². The highest BCUT2D eigenvalue weighted by Crippen LogP contribution is 2.17. The maximum atomic E-state index is 11.7. The second-order valence-electron chi connectivity index (χ2n) is 7.45. The Kier molecular flexibility index (Phi) is 7.72. The summed E-state index contributed by atoms with van der Waals surface area (Å²) in [5, 5.41) is 13.3. The summed E-state index contributed by atoms with van der Waals surface area (Å²) in [6.45, 7) is 9.41. The molecular weight excluding hydrogens is 316 g/mol. The van der Waals surface area contributed by atoms with E-state index in [-0.39, 0.29) is 11.8 Å². The van der Waals surface area contributed by atoms with Crippen LogP contribution in [0.3, 0.4) is 0 Å². The van der Waals surface area contributed by atoms with Gasteiger partial charge in [-0.1, -0.05) is 31.5 Å². The van der Waals surface area contributed by atoms with Gasteiger partial charge < -0.3 is 20.1 Å². The number of nitrogens with zero attached hydrogens (tertiary/aromatic N) is 1. The molecule has 140 valence electrons. The number of carbonyl (C=O) groups is 1. The molecule has 1 heterocycles. The van der Waals surface area contributed by atoms with Crippen molar-refractivity contribution >= 4 is 5.91 Å². The number of rotatable bonds is 8. The van der Waals surface area contributed by atoms with E-state index < -0.39 is 6.10 Å². The molecule has 1 fully saturated rings. The minimum Gasteiger partial charge on any atom is -0.491 e. The number of hydrogen-bond donors (Lipinski definition) is 2. The fourth-order valence-corrected chi connectivity index (χ4v) is 3.11. The first kappa shape index (κ1) is 19.7. The average Bonchev–Trinajstić information content (AvgIpc) is 2.59. The maximum Gasteiger partial charge on any atom is 0.222 e. The van der Waals surface area contributed by atoms with Crippen LogP contribution in [-0.4, -0.2) is 54.8 Å². The van der Waals surface area contributed by atoms with Gasteiger partial charge in [0.05, 0.1) is 0 Å². The van der Waals surface area contributed by atoms with E-state index in [1.54, 1.807) is 0 Å². The Hall–Kier alpha value is -1.59. The van der Waals surface area contributed by atoms with Gasteiger partial charge in [0, 0.05) is 25.6 Å². The summed E-state index contributed by atoms with van der Waals surface area (Å²) in [5.41, 5.74) is 1.19. The lowest BCUT2D eigenvalue weighted by Gasteiger charge is -2.34. The Balaban J connectivity index is 1.70. The van der Waals surface area contributed by atoms with Gasteiger partial charge in [0.15, 0.2) is 0 Å². The summed E-state index contributed by atoms with van der Waals surface area (Å²) < 4.78 is 5.66. The fourth-order valence-electron chi connectivity index (χ4n) is 3.11. The molecule has 1 aromatic carbocycles. The molecule has 5 nitrogen and oxygen atoms in total. The smallest absolute Gasteiger partial charge is 0.222 e. The van der Waals surface area contributed by atoms with E-state index in [9.17, 15) is 9.90 Å². The molecule has 2 N–H and O–H groups in total. The van der Waals surface area contributed by atoms with Crippen LogP contribution in [0.15, 0.2) is 24.3 Å². The summed E-state index contributed by atoms with van der Waals surface area (Å²) in [4.78, 5) is 14.0. The molecule has 0 bridgehead atoms. The summed E-state index contributed by atoms with van der Waals surface area (Å²) in [7, 11) is 0. The van der Waals surface area contributed by atoms with Gasteiger partial charge in [-0.05, 0) is 44.4 Å². The maximum absolute atomic E-state index is 11.7. The molecule has 0 spiro atoms. The van der Waals surface area contributed by atoms with Crippen molar-refractivity contribution < 1.29 is 14.6 Å². The Morgan fingerprint density at radius 3 is 2.76 bits per heavy atom. The van der Waals surface area contributed by atoms with Crippen LogP contribution in [0, 0.1) is 18.8 Å². The number of ether oxygens (including phenoxy) is 1. The number of β-amino-alcohol motifs (C(OH)–C–C–N with tert-alkyl or cyclic N) is 1. The van der Waals surface area contributed by atoms with Crippen molar-refractivity contribution in [3.63, 3.8) is 0 Å². The summed E-state index contributed by atoms with van der Waals surface area (Å²) in [6.07, 6.45) is 1.73. The molecule has 0 aliphatic carbocycles. The first-order valence-electron chi connectivity index (χ1n) is 9.31. The Morgan fingerprint density at radius 2 is 2.08 bits per heavy atom. The zero-order valence-corrected chi connectivity index (χ0v) is 15.7. The van der Waals surface area contributed by atoms with Gasteiger partial charge in [-0.3, -0.25) is 4.79 Å². The fraction of sp³-hybridized carbons (Fsp3) is 0.650. The highest BCUT2D eigenvalue weighted by atomic mass is 16.5. The number of hydrogen-bond acceptors (Lipinski definition) is 4. The average molecular weight is 348 g/mol. The normalized spacial score (nSPS) is 19.6. The van der Waals surface area contributed by atoms with Gasteiger partial charge in [-0.25, -0.2) is 0 Å². The van der Waals surface area contributed by atoms with Gasteiger partial charge in [0.25, 0.3) is 0 Å². The third-order valence-electron chi connectivity index (χ3n) is 4.62. The topological polar surface area (TPSA) is 61.8 Å². The van der Waals surface area contributed by atoms with Crippen LogP contribution >= 0.6 is 0 Å². The number of nitrogens with one attached hydrogen (secondary N) is 1. The van der Waals surface area contributed by atoms with Crippen LogP contribution in [0.1, 0.15) is 32.3 Å². The lowest BCUT2D eigenvalue weighted by atomic mass is 9.97. The van der Waals surface area contributed by atoms with E-state index in [4.69, 9.17) is 4.74 Å². The minimum absolute atomic E-state index is 0.0282. The number of aliphatic hydroxyl groups excluding tert-OH is 1. The van der Waals surface area contributed by atoms with Gasteiger partial charge in [-0.2, -0.15) is 0 Å². The summed E-state index contributed by atoms with van der Waals surface area (Å²) in [6, 6.07) is 7.86. The Morgan fingerprint density at radius 1 is 1.36 bits per heavy atom. The second kappa shape index (κ2) is 9.78. The van der Waals surface area contributed by atoms with Crippen molar-refractivity contribution in [2.45, 2.75) is 39.7 Å². The number of amides is 1. The standard InChI is InChI=1S/C20H32N2O3/c1-15(2)20(24)21-11-17-5-4-10-22(12-17)13-18(23)14-25-19-8-6-16(3)7-9-19/h6-9,15,17-18,23H,4-5,10-14H2,1-3H3,(H,21,24). The van der Waals surface area contributed by atoms with Crippen LogP contribution in [0.5, 0.6) is 5.75 Å². The first-order valence-corrected chi connectivity index (χ1v) is 9.31. The van der Waals surface area contributed by atoms with Crippen molar-refractivity contribution in [2.24, 2.45) is 11.8 Å². The lowest BCUT2D eigenvalue weighted by Crippen LogP contribution is -2.45. The number of aliphatic hydroxyl groups is 1. The van der Waals surface area contributed by atoms with Crippen LogP contribution in [-0.2, 0) is 4.79 Å². The molecule has 2 rings (SSSR count). The molecule has 2 unspecified atom stereocenters. The number of benzene rings is 1. The van der Waals surface area contributed by atoms with Gasteiger partial charge >= 0.3 is 0 Å². The largest absolute Gasteiger partial charge is 0.491 e. The van der Waals surface area contributed by atoms with Crippen molar-refractivity contribution in [1.29, 1.82) is 0 Å². The summed E-state index contributed by atoms with van der Waals surface area (Å²) in [5.74, 6) is 1.39. The quantitative estimate of drug-likeness (QED) is 0.756. The molecule has 1 amide bonds. The molecule has 0 saturated carbocycles.